The second-order valence-corrected chi connectivity index (χ2v) is 8.36. The zero-order valence-corrected chi connectivity index (χ0v) is 22.1. The number of nitrogens with zero attached hydrogens (tertiary/aromatic N) is 3. The molecule has 7 heteroatoms. The summed E-state index contributed by atoms with van der Waals surface area (Å²) in [6, 6.07) is 12.3. The average molecular weight is 478 g/mol. The number of ether oxygens (including phenoxy) is 2. The fourth-order valence-electron chi connectivity index (χ4n) is 3.43. The summed E-state index contributed by atoms with van der Waals surface area (Å²) in [5.74, 6) is 1.46. The Morgan fingerprint density at radius 2 is 1.69 bits per heavy atom. The molecular formula is C28H39N5O2. The van der Waals surface area contributed by atoms with Crippen LogP contribution in [0.25, 0.3) is 16.6 Å². The third-order valence-corrected chi connectivity index (χ3v) is 5.14. The summed E-state index contributed by atoms with van der Waals surface area (Å²) in [5.41, 5.74) is 4.95. The number of benzene rings is 2. The van der Waals surface area contributed by atoms with E-state index >= 15 is 0 Å². The molecule has 0 saturated heterocycles. The number of rotatable bonds is 10. The van der Waals surface area contributed by atoms with Crippen molar-refractivity contribution in [3.63, 3.8) is 0 Å². The number of fused-ring (bicyclic) bond motifs is 1. The Bertz CT molecular complexity index is 1110. The Balaban J connectivity index is 0.00000137. The smallest absolute Gasteiger partial charge is 0.124 e. The first-order valence-electron chi connectivity index (χ1n) is 12.1. The van der Waals surface area contributed by atoms with Crippen LogP contribution in [-0.2, 0) is 0 Å². The Morgan fingerprint density at radius 3 is 2.23 bits per heavy atom. The molecule has 2 N–H and O–H groups in total. The number of allylic oxidation sites excluding steroid dienone is 2. The molecule has 0 spiro atoms. The van der Waals surface area contributed by atoms with E-state index in [4.69, 9.17) is 19.9 Å². The minimum Gasteiger partial charge on any atom is -0.497 e. The van der Waals surface area contributed by atoms with Crippen LogP contribution in [0.15, 0.2) is 48.7 Å². The Labute approximate surface area is 209 Å². The van der Waals surface area contributed by atoms with E-state index in [9.17, 15) is 0 Å². The molecule has 0 aliphatic rings. The Hall–Kier alpha value is -3.45. The summed E-state index contributed by atoms with van der Waals surface area (Å²) in [4.78, 5) is 11.5. The van der Waals surface area contributed by atoms with Gasteiger partial charge in [-0.3, -0.25) is 4.98 Å². The molecule has 0 atom stereocenters. The fourth-order valence-corrected chi connectivity index (χ4v) is 3.43. The second-order valence-electron chi connectivity index (χ2n) is 8.36. The van der Waals surface area contributed by atoms with Crippen molar-refractivity contribution in [1.82, 2.24) is 15.3 Å². The number of hydrogen-bond acceptors (Lipinski definition) is 7. The Morgan fingerprint density at radius 1 is 1.03 bits per heavy atom. The molecule has 0 fully saturated rings. The average Bonchev–Trinajstić information content (AvgIpc) is 2.87. The van der Waals surface area contributed by atoms with Crippen molar-refractivity contribution >= 4 is 34.2 Å². The lowest BCUT2D eigenvalue weighted by Gasteiger charge is -2.27. The van der Waals surface area contributed by atoms with Crippen molar-refractivity contribution in [2.45, 2.75) is 47.1 Å². The normalized spacial score (nSPS) is 11.1. The molecule has 1 aromatic heterocycles. The summed E-state index contributed by atoms with van der Waals surface area (Å²) in [6.07, 6.45) is 6.12. The monoisotopic (exact) mass is 477 g/mol. The highest BCUT2D eigenvalue weighted by Gasteiger charge is 2.14. The van der Waals surface area contributed by atoms with Crippen molar-refractivity contribution in [3.8, 4) is 11.5 Å². The lowest BCUT2D eigenvalue weighted by Crippen LogP contribution is -2.32. The first-order valence-corrected chi connectivity index (χ1v) is 12.1. The minimum absolute atomic E-state index is 0.391. The zero-order valence-electron chi connectivity index (χ0n) is 22.1. The van der Waals surface area contributed by atoms with Crippen LogP contribution < -0.4 is 19.7 Å². The van der Waals surface area contributed by atoms with E-state index in [1.165, 1.54) is 12.6 Å². The number of anilines is 2. The van der Waals surface area contributed by atoms with Gasteiger partial charge in [0.25, 0.3) is 0 Å². The van der Waals surface area contributed by atoms with Crippen molar-refractivity contribution in [3.05, 3.63) is 54.4 Å². The van der Waals surface area contributed by atoms with Gasteiger partial charge in [-0.05, 0) is 25.1 Å². The second kappa shape index (κ2) is 14.1. The molecule has 0 bridgehead atoms. The van der Waals surface area contributed by atoms with Gasteiger partial charge >= 0.3 is 0 Å². The predicted molar refractivity (Wildman–Crippen MR) is 148 cm³/mol. The molecule has 3 rings (SSSR count). The summed E-state index contributed by atoms with van der Waals surface area (Å²) >= 11 is 0. The molecule has 0 aliphatic heterocycles. The number of nitrogens with one attached hydrogen (secondary N) is 2. The van der Waals surface area contributed by atoms with E-state index in [1.807, 2.05) is 49.4 Å². The van der Waals surface area contributed by atoms with Gasteiger partial charge in [0.2, 0.25) is 0 Å². The van der Waals surface area contributed by atoms with Crippen molar-refractivity contribution < 1.29 is 9.47 Å². The molecule has 3 aromatic rings. The van der Waals surface area contributed by atoms with Crippen LogP contribution in [0.5, 0.6) is 11.5 Å². The van der Waals surface area contributed by atoms with Crippen LogP contribution in [0.2, 0.25) is 0 Å². The largest absolute Gasteiger partial charge is 0.497 e. The van der Waals surface area contributed by atoms with Gasteiger partial charge in [-0.15, -0.1) is 0 Å². The SMILES string of the molecule is C/C=C(\C=N)c1cnc2ccc(N(CCNC(C)C)c3cc(OC)cc(OC)c3)cc2n1.CCC. The quantitative estimate of drug-likeness (QED) is 0.336. The number of aromatic nitrogens is 2. The van der Waals surface area contributed by atoms with Crippen molar-refractivity contribution in [1.29, 1.82) is 5.41 Å². The fraction of sp³-hybridized carbons (Fsp3) is 0.393. The highest BCUT2D eigenvalue weighted by atomic mass is 16.5. The summed E-state index contributed by atoms with van der Waals surface area (Å²) in [5, 5.41) is 11.1. The van der Waals surface area contributed by atoms with Gasteiger partial charge in [-0.25, -0.2) is 4.98 Å². The lowest BCUT2D eigenvalue weighted by atomic mass is 10.1. The van der Waals surface area contributed by atoms with Crippen LogP contribution in [0.4, 0.5) is 11.4 Å². The van der Waals surface area contributed by atoms with Crippen LogP contribution in [0, 0.1) is 5.41 Å². The van der Waals surface area contributed by atoms with E-state index in [-0.39, 0.29) is 0 Å². The van der Waals surface area contributed by atoms with Crippen LogP contribution >= 0.6 is 0 Å². The van der Waals surface area contributed by atoms with Crippen molar-refractivity contribution in [2.75, 3.05) is 32.2 Å². The van der Waals surface area contributed by atoms with Gasteiger partial charge < -0.3 is 25.1 Å². The third-order valence-electron chi connectivity index (χ3n) is 5.14. The highest BCUT2D eigenvalue weighted by molar-refractivity contribution is 6.07. The molecular weight excluding hydrogens is 438 g/mol. The lowest BCUT2D eigenvalue weighted by molar-refractivity contribution is 0.394. The molecule has 35 heavy (non-hydrogen) atoms. The maximum absolute atomic E-state index is 7.62. The third kappa shape index (κ3) is 7.79. The van der Waals surface area contributed by atoms with Crippen molar-refractivity contribution in [2.24, 2.45) is 0 Å². The van der Waals surface area contributed by atoms with Crippen LogP contribution in [0.1, 0.15) is 46.7 Å². The number of hydrogen-bond donors (Lipinski definition) is 2. The first kappa shape index (κ1) is 27.8. The molecule has 1 heterocycles. The van der Waals surface area contributed by atoms with Crippen LogP contribution in [0.3, 0.4) is 0 Å². The maximum atomic E-state index is 7.62. The summed E-state index contributed by atoms with van der Waals surface area (Å²) in [7, 11) is 3.30. The molecule has 2 aromatic carbocycles. The van der Waals surface area contributed by atoms with Crippen LogP contribution in [-0.4, -0.2) is 49.5 Å². The predicted octanol–water partition coefficient (Wildman–Crippen LogP) is 6.25. The van der Waals surface area contributed by atoms with Gasteiger partial charge in [0.1, 0.15) is 11.5 Å². The Kier molecular flexibility index (Phi) is 11.2. The zero-order chi connectivity index (χ0) is 25.8. The molecule has 188 valence electrons. The first-order chi connectivity index (χ1) is 16.9. The van der Waals surface area contributed by atoms with E-state index < -0.39 is 0 Å². The summed E-state index contributed by atoms with van der Waals surface area (Å²) in [6.45, 7) is 12.0. The molecule has 0 saturated carbocycles. The van der Waals surface area contributed by atoms with Gasteiger partial charge in [0.05, 0.1) is 37.1 Å². The molecule has 0 amide bonds. The van der Waals surface area contributed by atoms with E-state index in [1.54, 1.807) is 20.4 Å². The van der Waals surface area contributed by atoms with E-state index in [0.717, 1.165) is 52.6 Å². The van der Waals surface area contributed by atoms with E-state index in [0.29, 0.717) is 11.7 Å². The number of methoxy groups -OCH3 is 2. The standard InChI is InChI=1S/C25H31N5O2.C3H8/c1-6-18(15-26)25-16-28-23-8-7-19(13-24(23)29-25)30(10-9-27-17(2)3)20-11-21(31-4)14-22(12-20)32-5;1-3-2/h6-8,11-17,26-27H,9-10H2,1-5H3;3H2,1-2H3/b18-6+,26-15?;. The maximum Gasteiger partial charge on any atom is 0.124 e. The van der Waals surface area contributed by atoms with Gasteiger partial charge in [-0.1, -0.05) is 40.2 Å². The molecule has 0 unspecified atom stereocenters. The molecule has 0 radical (unpaired) electrons. The topological polar surface area (TPSA) is 83.4 Å². The van der Waals surface area contributed by atoms with E-state index in [2.05, 4.69) is 42.9 Å². The molecule has 7 nitrogen and oxygen atoms in total. The van der Waals surface area contributed by atoms with Gasteiger partial charge in [-0.2, -0.15) is 0 Å². The minimum atomic E-state index is 0.391. The summed E-state index contributed by atoms with van der Waals surface area (Å²) < 4.78 is 11.0. The highest BCUT2D eigenvalue weighted by Crippen LogP contribution is 2.33. The van der Waals surface area contributed by atoms with Gasteiger partial charge in [0, 0.05) is 60.5 Å². The molecule has 0 aliphatic carbocycles. The van der Waals surface area contributed by atoms with Gasteiger partial charge in [0.15, 0.2) is 0 Å².